The van der Waals surface area contributed by atoms with E-state index in [1.807, 2.05) is 6.92 Å². The standard InChI is InChI=1S/C30H33FN4O8S/c1-18-14-35(19(2)16-36)29(37)24-12-22(33-44(39,40)23-8-4-20(31)5-9-23)7-10-25(24)43-28(18)15-34(3)30(38)32-21-6-11-26-27(13-21)42-17-41-26/h4-13,18-19,28,33,36H,14-17H2,1-3H3,(H,32,38)/t18-,19+,28+/m1/s1. The first-order chi connectivity index (χ1) is 20.9. The Hall–Kier alpha value is -4.56. The van der Waals surface area contributed by atoms with E-state index in [0.29, 0.717) is 17.2 Å². The van der Waals surface area contributed by atoms with Gasteiger partial charge in [0, 0.05) is 37.0 Å². The summed E-state index contributed by atoms with van der Waals surface area (Å²) >= 11 is 0. The summed E-state index contributed by atoms with van der Waals surface area (Å²) in [6, 6.07) is 12.8. The van der Waals surface area contributed by atoms with Crippen molar-refractivity contribution in [2.24, 2.45) is 5.92 Å². The number of anilines is 2. The average Bonchev–Trinajstić information content (AvgIpc) is 3.47. The molecule has 234 valence electrons. The molecule has 0 radical (unpaired) electrons. The van der Waals surface area contributed by atoms with Gasteiger partial charge in [0.25, 0.3) is 15.9 Å². The van der Waals surface area contributed by atoms with Gasteiger partial charge in [-0.15, -0.1) is 0 Å². The Morgan fingerprint density at radius 1 is 1.07 bits per heavy atom. The van der Waals surface area contributed by atoms with E-state index in [1.165, 1.54) is 28.0 Å². The summed E-state index contributed by atoms with van der Waals surface area (Å²) in [6.45, 7) is 3.75. The molecule has 0 spiro atoms. The SMILES string of the molecule is C[C@@H]1CN([C@@H](C)CO)C(=O)c2cc(NS(=O)(=O)c3ccc(F)cc3)ccc2O[C@H]1CN(C)C(=O)Nc1ccc2c(c1)OCO2. The number of rotatable bonds is 8. The first kappa shape index (κ1) is 30.9. The molecule has 0 fully saturated rings. The molecule has 3 amide bonds. The second-order valence-electron chi connectivity index (χ2n) is 10.8. The van der Waals surface area contributed by atoms with Gasteiger partial charge in [-0.25, -0.2) is 17.6 Å². The van der Waals surface area contributed by atoms with Gasteiger partial charge in [0.1, 0.15) is 17.7 Å². The van der Waals surface area contributed by atoms with E-state index in [0.717, 1.165) is 24.3 Å². The minimum atomic E-state index is -4.09. The molecule has 14 heteroatoms. The van der Waals surface area contributed by atoms with Crippen LogP contribution in [-0.4, -0.2) is 80.9 Å². The zero-order chi connectivity index (χ0) is 31.6. The third kappa shape index (κ3) is 6.65. The molecule has 0 saturated heterocycles. The largest absolute Gasteiger partial charge is 0.487 e. The second kappa shape index (κ2) is 12.6. The van der Waals surface area contributed by atoms with Crippen molar-refractivity contribution < 1.29 is 41.7 Å². The number of aliphatic hydroxyl groups is 1. The minimum absolute atomic E-state index is 0.0778. The number of amides is 3. The maximum absolute atomic E-state index is 13.7. The Morgan fingerprint density at radius 2 is 1.75 bits per heavy atom. The third-order valence-corrected chi connectivity index (χ3v) is 8.86. The van der Waals surface area contributed by atoms with Crippen molar-refractivity contribution in [2.75, 3.05) is 43.6 Å². The lowest BCUT2D eigenvalue weighted by atomic mass is 9.99. The van der Waals surface area contributed by atoms with Gasteiger partial charge in [0.15, 0.2) is 11.5 Å². The number of aliphatic hydroxyl groups excluding tert-OH is 1. The highest BCUT2D eigenvalue weighted by Crippen LogP contribution is 2.35. The minimum Gasteiger partial charge on any atom is -0.487 e. The number of urea groups is 1. The Kier molecular flexibility index (Phi) is 8.83. The highest BCUT2D eigenvalue weighted by Gasteiger charge is 2.34. The number of likely N-dealkylation sites (N-methyl/N-ethyl adjacent to an activating group) is 1. The number of carbonyl (C=O) groups is 2. The molecule has 12 nitrogen and oxygen atoms in total. The maximum Gasteiger partial charge on any atom is 0.321 e. The molecule has 3 N–H and O–H groups in total. The van der Waals surface area contributed by atoms with Crippen molar-refractivity contribution in [3.05, 3.63) is 72.0 Å². The summed E-state index contributed by atoms with van der Waals surface area (Å²) in [7, 11) is -2.47. The third-order valence-electron chi connectivity index (χ3n) is 7.47. The van der Waals surface area contributed by atoms with Crippen molar-refractivity contribution in [3.63, 3.8) is 0 Å². The number of carbonyl (C=O) groups excluding carboxylic acids is 2. The van der Waals surface area contributed by atoms with Gasteiger partial charge in [0.2, 0.25) is 6.79 Å². The molecule has 0 aliphatic carbocycles. The van der Waals surface area contributed by atoms with Gasteiger partial charge in [-0.3, -0.25) is 9.52 Å². The van der Waals surface area contributed by atoms with Gasteiger partial charge < -0.3 is 34.4 Å². The molecule has 3 atom stereocenters. The normalized spacial score (nSPS) is 18.4. The molecular weight excluding hydrogens is 595 g/mol. The van der Waals surface area contributed by atoms with Crippen molar-refractivity contribution in [1.82, 2.24) is 9.80 Å². The Bertz CT molecular complexity index is 1650. The van der Waals surface area contributed by atoms with E-state index < -0.39 is 39.9 Å². The summed E-state index contributed by atoms with van der Waals surface area (Å²) in [6.07, 6.45) is -0.579. The number of nitrogens with one attached hydrogen (secondary N) is 2. The number of nitrogens with zero attached hydrogens (tertiary/aromatic N) is 2. The molecule has 2 aliphatic heterocycles. The molecule has 3 aromatic rings. The van der Waals surface area contributed by atoms with E-state index in [1.54, 1.807) is 32.2 Å². The fourth-order valence-electron chi connectivity index (χ4n) is 4.88. The second-order valence-corrected chi connectivity index (χ2v) is 12.5. The summed E-state index contributed by atoms with van der Waals surface area (Å²) in [4.78, 5) is 29.6. The van der Waals surface area contributed by atoms with E-state index in [4.69, 9.17) is 14.2 Å². The number of sulfonamides is 1. The molecule has 2 aliphatic rings. The number of halogens is 1. The van der Waals surface area contributed by atoms with Crippen LogP contribution >= 0.6 is 0 Å². The topological polar surface area (TPSA) is 147 Å². The van der Waals surface area contributed by atoms with E-state index in [2.05, 4.69) is 10.0 Å². The summed E-state index contributed by atoms with van der Waals surface area (Å²) < 4.78 is 58.6. The van der Waals surface area contributed by atoms with Crippen LogP contribution in [-0.2, 0) is 10.0 Å². The van der Waals surface area contributed by atoms with Crippen LogP contribution in [0.25, 0.3) is 0 Å². The summed E-state index contributed by atoms with van der Waals surface area (Å²) in [5.41, 5.74) is 0.688. The molecule has 44 heavy (non-hydrogen) atoms. The quantitative estimate of drug-likeness (QED) is 0.342. The zero-order valence-electron chi connectivity index (χ0n) is 24.3. The van der Waals surface area contributed by atoms with Gasteiger partial charge >= 0.3 is 6.03 Å². The number of hydrogen-bond donors (Lipinski definition) is 3. The molecule has 2 heterocycles. The van der Waals surface area contributed by atoms with Crippen molar-refractivity contribution in [3.8, 4) is 17.2 Å². The lowest BCUT2D eigenvalue weighted by molar-refractivity contribution is 0.0371. The van der Waals surface area contributed by atoms with Crippen LogP contribution in [0.2, 0.25) is 0 Å². The smallest absolute Gasteiger partial charge is 0.321 e. The van der Waals surface area contributed by atoms with Crippen LogP contribution in [0.15, 0.2) is 65.6 Å². The predicted octanol–water partition coefficient (Wildman–Crippen LogP) is 3.74. The summed E-state index contributed by atoms with van der Waals surface area (Å²) in [5.74, 6) is 0.0133. The number of benzene rings is 3. The summed E-state index contributed by atoms with van der Waals surface area (Å²) in [5, 5.41) is 12.7. The predicted molar refractivity (Wildman–Crippen MR) is 159 cm³/mol. The highest BCUT2D eigenvalue weighted by atomic mass is 32.2. The van der Waals surface area contributed by atoms with E-state index in [9.17, 15) is 27.5 Å². The number of hydrogen-bond acceptors (Lipinski definition) is 8. The molecule has 0 aromatic heterocycles. The molecule has 0 saturated carbocycles. The van der Waals surface area contributed by atoms with Crippen LogP contribution in [0.3, 0.4) is 0 Å². The van der Waals surface area contributed by atoms with Gasteiger partial charge in [-0.1, -0.05) is 6.92 Å². The molecule has 3 aromatic carbocycles. The molecule has 5 rings (SSSR count). The van der Waals surface area contributed by atoms with Crippen LogP contribution in [0.5, 0.6) is 17.2 Å². The van der Waals surface area contributed by atoms with Gasteiger partial charge in [-0.05, 0) is 61.5 Å². The van der Waals surface area contributed by atoms with Crippen LogP contribution < -0.4 is 24.2 Å². The molecule has 0 bridgehead atoms. The Labute approximate surface area is 254 Å². The van der Waals surface area contributed by atoms with Crippen molar-refractivity contribution in [2.45, 2.75) is 30.9 Å². The molecular formula is C30H33FN4O8S. The number of fused-ring (bicyclic) bond motifs is 2. The zero-order valence-corrected chi connectivity index (χ0v) is 25.1. The van der Waals surface area contributed by atoms with E-state index >= 15 is 0 Å². The lowest BCUT2D eigenvalue weighted by Crippen LogP contribution is -2.50. The average molecular weight is 629 g/mol. The maximum atomic E-state index is 13.7. The van der Waals surface area contributed by atoms with E-state index in [-0.39, 0.29) is 54.3 Å². The number of ether oxygens (including phenoxy) is 3. The molecule has 0 unspecified atom stereocenters. The Balaban J connectivity index is 1.38. The first-order valence-corrected chi connectivity index (χ1v) is 15.4. The van der Waals surface area contributed by atoms with Gasteiger partial charge in [-0.2, -0.15) is 0 Å². The highest BCUT2D eigenvalue weighted by molar-refractivity contribution is 7.92. The first-order valence-electron chi connectivity index (χ1n) is 13.9. The van der Waals surface area contributed by atoms with Crippen LogP contribution in [0.4, 0.5) is 20.6 Å². The van der Waals surface area contributed by atoms with Crippen LogP contribution in [0, 0.1) is 11.7 Å². The Morgan fingerprint density at radius 3 is 2.48 bits per heavy atom. The van der Waals surface area contributed by atoms with Gasteiger partial charge in [0.05, 0.1) is 29.7 Å². The van der Waals surface area contributed by atoms with Crippen molar-refractivity contribution >= 4 is 33.3 Å². The fourth-order valence-corrected chi connectivity index (χ4v) is 5.93. The fraction of sp³-hybridized carbons (Fsp3) is 0.333. The van der Waals surface area contributed by atoms with Crippen LogP contribution in [0.1, 0.15) is 24.2 Å². The van der Waals surface area contributed by atoms with Crippen molar-refractivity contribution in [1.29, 1.82) is 0 Å². The lowest BCUT2D eigenvalue weighted by Gasteiger charge is -2.38. The monoisotopic (exact) mass is 628 g/mol.